The van der Waals surface area contributed by atoms with Gasteiger partial charge in [0.15, 0.2) is 0 Å². The molecular weight excluding hydrogens is 319 g/mol. The number of hydrogen-bond acceptors (Lipinski definition) is 4. The average Bonchev–Trinajstić information content (AvgIpc) is 3.21. The number of aryl methyl sites for hydroxylation is 1. The molecule has 0 saturated carbocycles. The van der Waals surface area contributed by atoms with Crippen LogP contribution in [0.2, 0.25) is 0 Å². The van der Waals surface area contributed by atoms with Gasteiger partial charge in [-0.25, -0.2) is 4.39 Å². The van der Waals surface area contributed by atoms with Gasteiger partial charge >= 0.3 is 0 Å². The molecule has 0 unspecified atom stereocenters. The Morgan fingerprint density at radius 2 is 1.83 bits per heavy atom. The topological polar surface area (TPSA) is 55.9 Å². The maximum atomic E-state index is 13.2. The van der Waals surface area contributed by atoms with Gasteiger partial charge in [0.05, 0.1) is 6.26 Å². The second-order valence-corrected chi connectivity index (χ2v) is 7.36. The largest absolute Gasteiger partial charge is 0.353 e. The van der Waals surface area contributed by atoms with Crippen molar-refractivity contribution in [2.24, 2.45) is 0 Å². The van der Waals surface area contributed by atoms with Gasteiger partial charge in [-0.15, -0.1) is 0 Å². The van der Waals surface area contributed by atoms with E-state index < -0.39 is 15.7 Å². The van der Waals surface area contributed by atoms with Gasteiger partial charge in [0, 0.05) is 0 Å². The predicted molar refractivity (Wildman–Crippen MR) is 83.9 cm³/mol. The Labute approximate surface area is 135 Å². The van der Waals surface area contributed by atoms with Gasteiger partial charge in [-0.2, -0.15) is 8.42 Å². The van der Waals surface area contributed by atoms with E-state index in [0.717, 1.165) is 17.4 Å². The fraction of sp³-hybridized carbons (Fsp3) is 0.294. The first-order chi connectivity index (χ1) is 10.8. The molecule has 0 amide bonds. The lowest BCUT2D eigenvalue weighted by molar-refractivity contribution is 0.194. The van der Waals surface area contributed by atoms with E-state index in [-0.39, 0.29) is 18.5 Å². The molecule has 0 N–H and O–H groups in total. The van der Waals surface area contributed by atoms with Crippen molar-refractivity contribution in [2.75, 3.05) is 12.9 Å². The summed E-state index contributed by atoms with van der Waals surface area (Å²) in [6, 6.07) is 13.6. The van der Waals surface area contributed by atoms with Crippen LogP contribution in [0.15, 0.2) is 48.5 Å². The Morgan fingerprint density at radius 3 is 2.43 bits per heavy atom. The summed E-state index contributed by atoms with van der Waals surface area (Å²) in [4.78, 5) is 0. The Balaban J connectivity index is 1.96. The standard InChI is InChI=1S/C17H17FO4S/c1-12-5-3-4-6-15(12)16-17(22-16,11-21-23(2,19)20)13-7-9-14(18)10-8-13/h3-10,16H,11H2,1-2H3/t16-,17-/m0/s1. The molecule has 1 aliphatic rings. The summed E-state index contributed by atoms with van der Waals surface area (Å²) in [5, 5.41) is 0. The van der Waals surface area contributed by atoms with Crippen LogP contribution in [0.4, 0.5) is 4.39 Å². The zero-order chi connectivity index (χ0) is 16.7. The highest BCUT2D eigenvalue weighted by Crippen LogP contribution is 2.57. The lowest BCUT2D eigenvalue weighted by Gasteiger charge is -2.14. The molecule has 4 nitrogen and oxygen atoms in total. The highest BCUT2D eigenvalue weighted by atomic mass is 32.2. The highest BCUT2D eigenvalue weighted by Gasteiger charge is 2.59. The monoisotopic (exact) mass is 336 g/mol. The maximum absolute atomic E-state index is 13.2. The number of benzene rings is 2. The average molecular weight is 336 g/mol. The third-order valence-corrected chi connectivity index (χ3v) is 4.53. The Bertz CT molecular complexity index is 817. The molecule has 0 radical (unpaired) electrons. The van der Waals surface area contributed by atoms with Crippen molar-refractivity contribution in [3.05, 3.63) is 71.0 Å². The molecule has 0 spiro atoms. The van der Waals surface area contributed by atoms with Crippen LogP contribution in [0.3, 0.4) is 0 Å². The first-order valence-electron chi connectivity index (χ1n) is 7.16. The van der Waals surface area contributed by atoms with Crippen LogP contribution >= 0.6 is 0 Å². The minimum absolute atomic E-state index is 0.142. The summed E-state index contributed by atoms with van der Waals surface area (Å²) in [5.41, 5.74) is 1.79. The zero-order valence-corrected chi connectivity index (χ0v) is 13.6. The Kier molecular flexibility index (Phi) is 4.00. The van der Waals surface area contributed by atoms with Crippen LogP contribution in [-0.4, -0.2) is 21.3 Å². The molecule has 1 fully saturated rings. The summed E-state index contributed by atoms with van der Waals surface area (Å²) >= 11 is 0. The molecule has 1 saturated heterocycles. The zero-order valence-electron chi connectivity index (χ0n) is 12.8. The molecule has 0 aliphatic carbocycles. The lowest BCUT2D eigenvalue weighted by atomic mass is 9.91. The predicted octanol–water partition coefficient (Wildman–Crippen LogP) is 3.08. The fourth-order valence-corrected chi connectivity index (χ4v) is 3.10. The van der Waals surface area contributed by atoms with E-state index in [2.05, 4.69) is 0 Å². The van der Waals surface area contributed by atoms with Gasteiger partial charge in [-0.1, -0.05) is 36.4 Å². The summed E-state index contributed by atoms with van der Waals surface area (Å²) in [7, 11) is -3.60. The smallest absolute Gasteiger partial charge is 0.264 e. The molecule has 2 atom stereocenters. The van der Waals surface area contributed by atoms with Crippen LogP contribution in [0.25, 0.3) is 0 Å². The summed E-state index contributed by atoms with van der Waals surface area (Å²) in [5.74, 6) is -0.360. The van der Waals surface area contributed by atoms with E-state index in [1.54, 1.807) is 12.1 Å². The van der Waals surface area contributed by atoms with Gasteiger partial charge in [0.1, 0.15) is 24.1 Å². The van der Waals surface area contributed by atoms with E-state index in [0.29, 0.717) is 5.56 Å². The molecule has 3 rings (SSSR count). The minimum atomic E-state index is -3.60. The van der Waals surface area contributed by atoms with Crippen molar-refractivity contribution < 1.29 is 21.7 Å². The summed E-state index contributed by atoms with van der Waals surface area (Å²) in [6.45, 7) is 1.82. The number of hydrogen-bond donors (Lipinski definition) is 0. The SMILES string of the molecule is Cc1ccccc1[C@@H]1O[C@@]1(COS(C)(=O)=O)c1ccc(F)cc1. The molecule has 1 heterocycles. The lowest BCUT2D eigenvalue weighted by Crippen LogP contribution is -2.21. The van der Waals surface area contributed by atoms with Crippen LogP contribution in [0.5, 0.6) is 0 Å². The molecule has 1 aliphatic heterocycles. The van der Waals surface area contributed by atoms with E-state index >= 15 is 0 Å². The van der Waals surface area contributed by atoms with Crippen LogP contribution in [0.1, 0.15) is 22.8 Å². The van der Waals surface area contributed by atoms with Gasteiger partial charge in [0.25, 0.3) is 10.1 Å². The number of rotatable bonds is 5. The number of ether oxygens (including phenoxy) is 1. The Morgan fingerprint density at radius 1 is 1.17 bits per heavy atom. The van der Waals surface area contributed by atoms with Crippen molar-refractivity contribution in [3.63, 3.8) is 0 Å². The van der Waals surface area contributed by atoms with E-state index in [9.17, 15) is 12.8 Å². The molecule has 0 aromatic heterocycles. The molecule has 122 valence electrons. The van der Waals surface area contributed by atoms with Crippen LogP contribution in [0, 0.1) is 12.7 Å². The third kappa shape index (κ3) is 3.29. The van der Waals surface area contributed by atoms with Crippen molar-refractivity contribution in [1.29, 1.82) is 0 Å². The highest BCUT2D eigenvalue weighted by molar-refractivity contribution is 7.85. The molecule has 6 heteroatoms. The molecule has 2 aromatic rings. The second kappa shape index (κ2) is 5.70. The maximum Gasteiger partial charge on any atom is 0.264 e. The van der Waals surface area contributed by atoms with E-state index in [4.69, 9.17) is 8.92 Å². The van der Waals surface area contributed by atoms with Crippen LogP contribution < -0.4 is 0 Å². The molecule has 23 heavy (non-hydrogen) atoms. The van der Waals surface area contributed by atoms with Gasteiger partial charge in [-0.3, -0.25) is 4.18 Å². The molecular formula is C17H17FO4S. The normalized spacial score (nSPS) is 23.7. The second-order valence-electron chi connectivity index (χ2n) is 5.72. The number of halogens is 1. The fourth-order valence-electron chi connectivity index (χ4n) is 2.71. The minimum Gasteiger partial charge on any atom is -0.353 e. The summed E-state index contributed by atoms with van der Waals surface area (Å²) < 4.78 is 46.8. The Hall–Kier alpha value is -1.76. The van der Waals surface area contributed by atoms with Crippen molar-refractivity contribution in [3.8, 4) is 0 Å². The first kappa shape index (κ1) is 16.1. The van der Waals surface area contributed by atoms with E-state index in [1.165, 1.54) is 12.1 Å². The quantitative estimate of drug-likeness (QED) is 0.622. The van der Waals surface area contributed by atoms with Gasteiger partial charge in [-0.05, 0) is 35.7 Å². The third-order valence-electron chi connectivity index (χ3n) is 3.99. The van der Waals surface area contributed by atoms with E-state index in [1.807, 2.05) is 31.2 Å². The first-order valence-corrected chi connectivity index (χ1v) is 8.97. The van der Waals surface area contributed by atoms with Crippen molar-refractivity contribution in [1.82, 2.24) is 0 Å². The van der Waals surface area contributed by atoms with Crippen molar-refractivity contribution in [2.45, 2.75) is 18.6 Å². The van der Waals surface area contributed by atoms with Crippen LogP contribution in [-0.2, 0) is 24.6 Å². The van der Waals surface area contributed by atoms with Gasteiger partial charge in [0.2, 0.25) is 0 Å². The van der Waals surface area contributed by atoms with Crippen molar-refractivity contribution >= 4 is 10.1 Å². The summed E-state index contributed by atoms with van der Waals surface area (Å²) in [6.07, 6.45) is 0.673. The van der Waals surface area contributed by atoms with Gasteiger partial charge < -0.3 is 4.74 Å². The molecule has 2 aromatic carbocycles. The molecule has 0 bridgehead atoms. The number of epoxide rings is 1.